The second kappa shape index (κ2) is 23.2. The van der Waals surface area contributed by atoms with Gasteiger partial charge >= 0.3 is 5.97 Å². The molecule has 0 saturated heterocycles. The molecule has 0 bridgehead atoms. The van der Waals surface area contributed by atoms with Crippen LogP contribution in [-0.4, -0.2) is 22.7 Å². The molecule has 0 heterocycles. The molecule has 0 atom stereocenters. The van der Waals surface area contributed by atoms with Gasteiger partial charge < -0.3 is 10.2 Å². The van der Waals surface area contributed by atoms with Gasteiger partial charge in [0, 0.05) is 6.42 Å². The van der Waals surface area contributed by atoms with Crippen molar-refractivity contribution in [2.24, 2.45) is 0 Å². The molecule has 0 rings (SSSR count). The van der Waals surface area contributed by atoms with Gasteiger partial charge in [-0.15, -0.1) is 0 Å². The van der Waals surface area contributed by atoms with Crippen molar-refractivity contribution in [3.63, 3.8) is 0 Å². The summed E-state index contributed by atoms with van der Waals surface area (Å²) < 4.78 is 0. The summed E-state index contributed by atoms with van der Waals surface area (Å²) in [7, 11) is 0. The molecule has 0 aromatic carbocycles. The fraction of sp³-hybridized carbons (Fsp3) is 0.895. The first-order valence-corrected chi connectivity index (χ1v) is 9.48. The van der Waals surface area contributed by atoms with E-state index in [2.05, 4.69) is 6.92 Å². The van der Waals surface area contributed by atoms with Crippen LogP contribution in [0.3, 0.4) is 0 Å². The lowest BCUT2D eigenvalue weighted by Gasteiger charge is -2.03. The summed E-state index contributed by atoms with van der Waals surface area (Å²) in [5.41, 5.74) is 0. The predicted molar refractivity (Wildman–Crippen MR) is 95.9 cm³/mol. The molecular weight excluding hydrogens is 292 g/mol. The van der Waals surface area contributed by atoms with E-state index in [4.69, 9.17) is 15.0 Å². The van der Waals surface area contributed by atoms with Gasteiger partial charge in [0.05, 0.1) is 0 Å². The van der Waals surface area contributed by atoms with Crippen molar-refractivity contribution in [1.82, 2.24) is 0 Å². The Labute approximate surface area is 142 Å². The molecule has 4 heteroatoms. The number of hydrogen-bond acceptors (Lipinski definition) is 2. The van der Waals surface area contributed by atoms with Crippen LogP contribution in [0, 0.1) is 0 Å². The Morgan fingerprint density at radius 3 is 1.22 bits per heavy atom. The summed E-state index contributed by atoms with van der Waals surface area (Å²) in [4.78, 5) is 18.7. The lowest BCUT2D eigenvalue weighted by atomic mass is 10.0. The van der Waals surface area contributed by atoms with Crippen LogP contribution < -0.4 is 0 Å². The standard InChI is InChI=1S/C18H36O2.CH2O2/c1-2-3-4-5-6-7-8-9-10-11-12-13-14-15-16-17-18(19)20;2-1-3/h2-17H2,1H3,(H,19,20);1H,(H,2,3). The molecule has 0 radical (unpaired) electrons. The van der Waals surface area contributed by atoms with Crippen LogP contribution in [0.2, 0.25) is 0 Å². The van der Waals surface area contributed by atoms with Crippen molar-refractivity contribution in [3.8, 4) is 0 Å². The topological polar surface area (TPSA) is 74.6 Å². The van der Waals surface area contributed by atoms with Gasteiger partial charge in [0.2, 0.25) is 0 Å². The average Bonchev–Trinajstić information content (AvgIpc) is 2.51. The zero-order chi connectivity index (χ0) is 17.6. The highest BCUT2D eigenvalue weighted by molar-refractivity contribution is 5.66. The van der Waals surface area contributed by atoms with Gasteiger partial charge in [-0.05, 0) is 6.42 Å². The van der Waals surface area contributed by atoms with E-state index in [1.165, 1.54) is 83.5 Å². The molecule has 0 saturated carbocycles. The minimum atomic E-state index is -0.653. The van der Waals surface area contributed by atoms with E-state index < -0.39 is 5.97 Å². The van der Waals surface area contributed by atoms with Crippen LogP contribution >= 0.6 is 0 Å². The van der Waals surface area contributed by atoms with E-state index in [1.807, 2.05) is 0 Å². The number of carbonyl (C=O) groups is 2. The molecule has 0 fully saturated rings. The molecular formula is C19H38O4. The van der Waals surface area contributed by atoms with Gasteiger partial charge in [0.25, 0.3) is 6.47 Å². The van der Waals surface area contributed by atoms with E-state index in [-0.39, 0.29) is 6.47 Å². The summed E-state index contributed by atoms with van der Waals surface area (Å²) in [5, 5.41) is 15.4. The van der Waals surface area contributed by atoms with Crippen molar-refractivity contribution in [2.45, 2.75) is 110 Å². The molecule has 0 aliphatic heterocycles. The zero-order valence-electron chi connectivity index (χ0n) is 15.1. The normalized spacial score (nSPS) is 9.96. The summed E-state index contributed by atoms with van der Waals surface area (Å²) in [6, 6.07) is 0. The second-order valence-corrected chi connectivity index (χ2v) is 6.20. The number of carboxylic acid groups (broad SMARTS) is 2. The van der Waals surface area contributed by atoms with Gasteiger partial charge in [0.15, 0.2) is 0 Å². The fourth-order valence-electron chi connectivity index (χ4n) is 2.65. The largest absolute Gasteiger partial charge is 0.483 e. The summed E-state index contributed by atoms with van der Waals surface area (Å²) >= 11 is 0. The Balaban J connectivity index is 0. The van der Waals surface area contributed by atoms with Crippen LogP contribution in [0.5, 0.6) is 0 Å². The van der Waals surface area contributed by atoms with Gasteiger partial charge in [-0.1, -0.05) is 96.8 Å². The van der Waals surface area contributed by atoms with Crippen molar-refractivity contribution in [2.75, 3.05) is 0 Å². The maximum atomic E-state index is 10.3. The molecule has 0 aromatic rings. The summed E-state index contributed by atoms with van der Waals surface area (Å²) in [6.07, 6.45) is 20.2. The first kappa shape index (κ1) is 24.2. The van der Waals surface area contributed by atoms with E-state index in [0.717, 1.165) is 12.8 Å². The molecule has 0 aliphatic carbocycles. The molecule has 0 spiro atoms. The van der Waals surface area contributed by atoms with Gasteiger partial charge in [-0.2, -0.15) is 0 Å². The van der Waals surface area contributed by atoms with Gasteiger partial charge in [-0.25, -0.2) is 0 Å². The zero-order valence-corrected chi connectivity index (χ0v) is 15.1. The van der Waals surface area contributed by atoms with Crippen molar-refractivity contribution in [3.05, 3.63) is 0 Å². The van der Waals surface area contributed by atoms with Gasteiger partial charge in [-0.3, -0.25) is 9.59 Å². The maximum absolute atomic E-state index is 10.3. The number of hydrogen-bond donors (Lipinski definition) is 2. The smallest absolute Gasteiger partial charge is 0.303 e. The van der Waals surface area contributed by atoms with Crippen LogP contribution in [0.25, 0.3) is 0 Å². The monoisotopic (exact) mass is 330 g/mol. The van der Waals surface area contributed by atoms with E-state index in [0.29, 0.717) is 6.42 Å². The lowest BCUT2D eigenvalue weighted by molar-refractivity contribution is -0.137. The van der Waals surface area contributed by atoms with Crippen LogP contribution in [0.1, 0.15) is 110 Å². The highest BCUT2D eigenvalue weighted by Crippen LogP contribution is 2.13. The Hall–Kier alpha value is -1.06. The van der Waals surface area contributed by atoms with Crippen LogP contribution in [-0.2, 0) is 9.59 Å². The Kier molecular flexibility index (Phi) is 24.4. The molecule has 138 valence electrons. The molecule has 0 aromatic heterocycles. The molecule has 2 N–H and O–H groups in total. The average molecular weight is 331 g/mol. The number of rotatable bonds is 16. The van der Waals surface area contributed by atoms with Crippen LogP contribution in [0.15, 0.2) is 0 Å². The molecule has 0 unspecified atom stereocenters. The van der Waals surface area contributed by atoms with Crippen molar-refractivity contribution >= 4 is 12.4 Å². The Morgan fingerprint density at radius 2 is 0.957 bits per heavy atom. The van der Waals surface area contributed by atoms with Crippen molar-refractivity contribution < 1.29 is 19.8 Å². The van der Waals surface area contributed by atoms with Crippen LogP contribution in [0.4, 0.5) is 0 Å². The number of aliphatic carboxylic acids is 1. The minimum Gasteiger partial charge on any atom is -0.483 e. The Bertz CT molecular complexity index is 242. The molecule has 0 amide bonds. The Morgan fingerprint density at radius 1 is 0.696 bits per heavy atom. The molecule has 4 nitrogen and oxygen atoms in total. The highest BCUT2D eigenvalue weighted by atomic mass is 16.4. The SMILES string of the molecule is CCCCCCCCCCCCCCCCCC(=O)O.O=CO. The van der Waals surface area contributed by atoms with E-state index >= 15 is 0 Å². The predicted octanol–water partition coefficient (Wildman–Crippen LogP) is 6.03. The number of unbranched alkanes of at least 4 members (excludes halogenated alkanes) is 14. The summed E-state index contributed by atoms with van der Waals surface area (Å²) in [6.45, 7) is 2.02. The maximum Gasteiger partial charge on any atom is 0.303 e. The summed E-state index contributed by atoms with van der Waals surface area (Å²) in [5.74, 6) is -0.653. The molecule has 23 heavy (non-hydrogen) atoms. The third-order valence-corrected chi connectivity index (χ3v) is 3.99. The molecule has 0 aliphatic rings. The third kappa shape index (κ3) is 29.6. The first-order chi connectivity index (χ1) is 11.2. The van der Waals surface area contributed by atoms with Crippen molar-refractivity contribution in [1.29, 1.82) is 0 Å². The lowest BCUT2D eigenvalue weighted by Crippen LogP contribution is -1.93. The second-order valence-electron chi connectivity index (χ2n) is 6.20. The first-order valence-electron chi connectivity index (χ1n) is 9.48. The van der Waals surface area contributed by atoms with E-state index in [1.54, 1.807) is 0 Å². The third-order valence-electron chi connectivity index (χ3n) is 3.99. The van der Waals surface area contributed by atoms with Gasteiger partial charge in [0.1, 0.15) is 0 Å². The minimum absolute atomic E-state index is 0.250. The fourth-order valence-corrected chi connectivity index (χ4v) is 2.65. The quantitative estimate of drug-likeness (QED) is 0.267. The highest BCUT2D eigenvalue weighted by Gasteiger charge is 1.97. The number of carboxylic acids is 1. The van der Waals surface area contributed by atoms with E-state index in [9.17, 15) is 4.79 Å².